The summed E-state index contributed by atoms with van der Waals surface area (Å²) in [6.45, 7) is 5.85. The summed E-state index contributed by atoms with van der Waals surface area (Å²) in [5.41, 5.74) is 1.80. The van der Waals surface area contributed by atoms with Gasteiger partial charge in [0.05, 0.1) is 5.56 Å². The second-order valence-corrected chi connectivity index (χ2v) is 5.35. The molecule has 0 aromatic carbocycles. The van der Waals surface area contributed by atoms with Crippen LogP contribution in [0.3, 0.4) is 0 Å². The Morgan fingerprint density at radius 1 is 1.53 bits per heavy atom. The molecule has 1 aromatic rings. The first-order valence-electron chi connectivity index (χ1n) is 4.98. The molecule has 1 heterocycles. The highest BCUT2D eigenvalue weighted by molar-refractivity contribution is 7.08. The fourth-order valence-electron chi connectivity index (χ4n) is 1.44. The van der Waals surface area contributed by atoms with E-state index in [4.69, 9.17) is 11.6 Å². The van der Waals surface area contributed by atoms with E-state index >= 15 is 0 Å². The number of alkyl halides is 1. The molecule has 15 heavy (non-hydrogen) atoms. The van der Waals surface area contributed by atoms with E-state index in [0.717, 1.165) is 17.5 Å². The molecule has 0 spiro atoms. The number of amides is 1. The summed E-state index contributed by atoms with van der Waals surface area (Å²) in [5, 5.41) is 6.88. The third-order valence-electron chi connectivity index (χ3n) is 2.16. The first-order valence-corrected chi connectivity index (χ1v) is 6.36. The van der Waals surface area contributed by atoms with Gasteiger partial charge in [-0.1, -0.05) is 0 Å². The Morgan fingerprint density at radius 2 is 2.20 bits per heavy atom. The van der Waals surface area contributed by atoms with Crippen molar-refractivity contribution in [2.75, 3.05) is 0 Å². The predicted molar refractivity (Wildman–Crippen MR) is 65.9 cm³/mol. The summed E-state index contributed by atoms with van der Waals surface area (Å²) in [5.74, 6) is -0.00133. The van der Waals surface area contributed by atoms with Gasteiger partial charge in [0.2, 0.25) is 0 Å². The van der Waals surface area contributed by atoms with Crippen molar-refractivity contribution in [3.63, 3.8) is 0 Å². The molecule has 0 bridgehead atoms. The number of aryl methyl sites for hydroxylation is 1. The first-order chi connectivity index (χ1) is 7.00. The lowest BCUT2D eigenvalue weighted by atomic mass is 10.1. The number of halogens is 1. The topological polar surface area (TPSA) is 29.1 Å². The van der Waals surface area contributed by atoms with Crippen molar-refractivity contribution >= 4 is 28.8 Å². The molecule has 1 aromatic heterocycles. The molecule has 0 aliphatic carbocycles. The maximum atomic E-state index is 11.8. The Hall–Kier alpha value is -0.540. The SMILES string of the molecule is Cc1cscc1C(=O)NC(C)CC(C)Cl. The number of carbonyl (C=O) groups is 1. The number of rotatable bonds is 4. The summed E-state index contributed by atoms with van der Waals surface area (Å²) in [4.78, 5) is 11.8. The van der Waals surface area contributed by atoms with Gasteiger partial charge in [-0.2, -0.15) is 11.3 Å². The van der Waals surface area contributed by atoms with Crippen molar-refractivity contribution in [2.24, 2.45) is 0 Å². The molecule has 2 atom stereocenters. The van der Waals surface area contributed by atoms with Crippen molar-refractivity contribution in [1.82, 2.24) is 5.32 Å². The van der Waals surface area contributed by atoms with E-state index in [1.807, 2.05) is 31.5 Å². The zero-order valence-corrected chi connectivity index (χ0v) is 10.8. The average Bonchev–Trinajstić information content (AvgIpc) is 2.49. The van der Waals surface area contributed by atoms with E-state index in [1.54, 1.807) is 11.3 Å². The van der Waals surface area contributed by atoms with E-state index < -0.39 is 0 Å². The molecule has 2 unspecified atom stereocenters. The third kappa shape index (κ3) is 3.84. The van der Waals surface area contributed by atoms with Gasteiger partial charge >= 0.3 is 0 Å². The summed E-state index contributed by atoms with van der Waals surface area (Å²) >= 11 is 7.41. The van der Waals surface area contributed by atoms with Crippen LogP contribution < -0.4 is 5.32 Å². The standard InChI is InChI=1S/C11H16ClNOS/c1-7-5-15-6-10(7)11(14)13-9(3)4-8(2)12/h5-6,8-9H,4H2,1-3H3,(H,13,14). The number of nitrogens with one attached hydrogen (secondary N) is 1. The number of carbonyl (C=O) groups excluding carboxylic acids is 1. The fraction of sp³-hybridized carbons (Fsp3) is 0.545. The van der Waals surface area contributed by atoms with Crippen LogP contribution in [0.5, 0.6) is 0 Å². The molecule has 0 fully saturated rings. The van der Waals surface area contributed by atoms with Crippen molar-refractivity contribution in [2.45, 2.75) is 38.6 Å². The lowest BCUT2D eigenvalue weighted by Gasteiger charge is -2.14. The van der Waals surface area contributed by atoms with Crippen molar-refractivity contribution in [1.29, 1.82) is 0 Å². The van der Waals surface area contributed by atoms with E-state index in [0.29, 0.717) is 0 Å². The summed E-state index contributed by atoms with van der Waals surface area (Å²) in [6, 6.07) is 0.115. The molecular formula is C11H16ClNOS. The van der Waals surface area contributed by atoms with Crippen molar-refractivity contribution in [3.05, 3.63) is 21.9 Å². The Labute approximate surface area is 99.6 Å². The highest BCUT2D eigenvalue weighted by atomic mass is 35.5. The van der Waals surface area contributed by atoms with Crippen LogP contribution >= 0.6 is 22.9 Å². The van der Waals surface area contributed by atoms with Crippen LogP contribution in [0.2, 0.25) is 0 Å². The van der Waals surface area contributed by atoms with Crippen LogP contribution in [-0.4, -0.2) is 17.3 Å². The normalized spacial score (nSPS) is 14.7. The molecule has 0 aliphatic rings. The smallest absolute Gasteiger partial charge is 0.252 e. The lowest BCUT2D eigenvalue weighted by Crippen LogP contribution is -2.34. The van der Waals surface area contributed by atoms with Crippen LogP contribution in [0.4, 0.5) is 0 Å². The third-order valence-corrected chi connectivity index (χ3v) is 3.20. The summed E-state index contributed by atoms with van der Waals surface area (Å²) in [6.07, 6.45) is 0.788. The quantitative estimate of drug-likeness (QED) is 0.811. The highest BCUT2D eigenvalue weighted by Gasteiger charge is 2.13. The van der Waals surface area contributed by atoms with Gasteiger partial charge in [0, 0.05) is 16.8 Å². The molecule has 0 saturated carbocycles. The van der Waals surface area contributed by atoms with Gasteiger partial charge in [0.15, 0.2) is 0 Å². The minimum absolute atomic E-state index is 0.00133. The van der Waals surface area contributed by atoms with Crippen molar-refractivity contribution in [3.8, 4) is 0 Å². The van der Waals surface area contributed by atoms with Crippen molar-refractivity contribution < 1.29 is 4.79 Å². The second-order valence-electron chi connectivity index (χ2n) is 3.86. The molecule has 0 radical (unpaired) electrons. The highest BCUT2D eigenvalue weighted by Crippen LogP contribution is 2.14. The van der Waals surface area contributed by atoms with Crippen LogP contribution in [0.1, 0.15) is 36.2 Å². The molecule has 1 amide bonds. The Balaban J connectivity index is 2.53. The minimum atomic E-state index is -0.00133. The Morgan fingerprint density at radius 3 is 2.67 bits per heavy atom. The molecule has 2 nitrogen and oxygen atoms in total. The van der Waals surface area contributed by atoms with E-state index in [2.05, 4.69) is 5.32 Å². The molecule has 1 rings (SSSR count). The molecule has 0 saturated heterocycles. The zero-order valence-electron chi connectivity index (χ0n) is 9.21. The van der Waals surface area contributed by atoms with Gasteiger partial charge in [-0.05, 0) is 38.1 Å². The maximum Gasteiger partial charge on any atom is 0.252 e. The minimum Gasteiger partial charge on any atom is -0.349 e. The maximum absolute atomic E-state index is 11.8. The van der Waals surface area contributed by atoms with Gasteiger partial charge in [-0.25, -0.2) is 0 Å². The molecular weight excluding hydrogens is 230 g/mol. The largest absolute Gasteiger partial charge is 0.349 e. The van der Waals surface area contributed by atoms with Gasteiger partial charge in [-0.3, -0.25) is 4.79 Å². The average molecular weight is 246 g/mol. The van der Waals surface area contributed by atoms with E-state index in [-0.39, 0.29) is 17.3 Å². The van der Waals surface area contributed by atoms with Gasteiger partial charge in [0.1, 0.15) is 0 Å². The van der Waals surface area contributed by atoms with Gasteiger partial charge in [-0.15, -0.1) is 11.6 Å². The second kappa shape index (κ2) is 5.52. The molecule has 84 valence electrons. The summed E-state index contributed by atoms with van der Waals surface area (Å²) < 4.78 is 0. The van der Waals surface area contributed by atoms with Crippen LogP contribution in [0, 0.1) is 6.92 Å². The number of thiophene rings is 1. The van der Waals surface area contributed by atoms with E-state index in [1.165, 1.54) is 0 Å². The number of hydrogen-bond acceptors (Lipinski definition) is 2. The Kier molecular flexibility index (Phi) is 4.61. The van der Waals surface area contributed by atoms with Gasteiger partial charge in [0.25, 0.3) is 5.91 Å². The van der Waals surface area contributed by atoms with E-state index in [9.17, 15) is 4.79 Å². The molecule has 0 aliphatic heterocycles. The number of hydrogen-bond donors (Lipinski definition) is 1. The fourth-order valence-corrected chi connectivity index (χ4v) is 2.54. The van der Waals surface area contributed by atoms with Crippen LogP contribution in [0.25, 0.3) is 0 Å². The molecule has 4 heteroatoms. The van der Waals surface area contributed by atoms with Crippen LogP contribution in [-0.2, 0) is 0 Å². The lowest BCUT2D eigenvalue weighted by molar-refractivity contribution is 0.0938. The van der Waals surface area contributed by atoms with Crippen LogP contribution in [0.15, 0.2) is 10.8 Å². The summed E-state index contributed by atoms with van der Waals surface area (Å²) in [7, 11) is 0. The predicted octanol–water partition coefficient (Wildman–Crippen LogP) is 3.19. The first kappa shape index (κ1) is 12.5. The monoisotopic (exact) mass is 245 g/mol. The Bertz CT molecular complexity index is 335. The molecule has 1 N–H and O–H groups in total. The zero-order chi connectivity index (χ0) is 11.4. The van der Waals surface area contributed by atoms with Gasteiger partial charge < -0.3 is 5.32 Å².